The summed E-state index contributed by atoms with van der Waals surface area (Å²) < 4.78 is 75.8. The normalized spacial score (nSPS) is 12.1. The molecule has 2 aromatic carbocycles. The van der Waals surface area contributed by atoms with Crippen LogP contribution in [-0.2, 0) is 6.18 Å². The van der Waals surface area contributed by atoms with Gasteiger partial charge in [0.1, 0.15) is 19.1 Å². The van der Waals surface area contributed by atoms with Crippen molar-refractivity contribution < 1.29 is 31.2 Å². The van der Waals surface area contributed by atoms with Gasteiger partial charge in [0, 0.05) is 28.2 Å². The highest BCUT2D eigenvalue weighted by Crippen LogP contribution is 2.39. The number of hydrogen-bond acceptors (Lipinski definition) is 4. The fraction of sp³-hybridized carbons (Fsp3) is 0.200. The molecule has 0 saturated heterocycles. The zero-order valence-electron chi connectivity index (χ0n) is 15.2. The van der Waals surface area contributed by atoms with Crippen LogP contribution >= 0.6 is 0 Å². The van der Waals surface area contributed by atoms with Crippen LogP contribution in [0.3, 0.4) is 0 Å². The third-order valence-corrected chi connectivity index (χ3v) is 4.43. The molecule has 1 N–H and O–H groups in total. The Hall–Kier alpha value is -3.43. The molecule has 0 amide bonds. The highest BCUT2D eigenvalue weighted by atomic mass is 19.4. The van der Waals surface area contributed by atoms with Crippen molar-refractivity contribution in [3.8, 4) is 28.6 Å². The molecule has 30 heavy (non-hydrogen) atoms. The number of benzene rings is 2. The summed E-state index contributed by atoms with van der Waals surface area (Å²) in [6.45, 7) is -2.51. The molecule has 4 rings (SSSR count). The summed E-state index contributed by atoms with van der Waals surface area (Å²) in [7, 11) is 0. The lowest BCUT2D eigenvalue weighted by Crippen LogP contribution is -2.23. The Bertz CT molecular complexity index is 1160. The summed E-state index contributed by atoms with van der Waals surface area (Å²) in [5.74, 6) is -0.607. The molecule has 2 heterocycles. The van der Waals surface area contributed by atoms with Crippen LogP contribution in [0.4, 0.5) is 22.0 Å². The van der Waals surface area contributed by atoms with Gasteiger partial charge < -0.3 is 14.2 Å². The van der Waals surface area contributed by atoms with E-state index < -0.39 is 36.9 Å². The minimum atomic E-state index is -4.82. The molecule has 4 aromatic rings. The zero-order valence-corrected chi connectivity index (χ0v) is 15.2. The number of halogens is 5. The maximum atomic E-state index is 13.5. The lowest BCUT2D eigenvalue weighted by Gasteiger charge is -2.18. The molecule has 0 atom stereocenters. The van der Waals surface area contributed by atoms with Gasteiger partial charge >= 0.3 is 6.18 Å². The summed E-state index contributed by atoms with van der Waals surface area (Å²) in [5, 5.41) is 4.70. The van der Waals surface area contributed by atoms with Crippen molar-refractivity contribution in [2.75, 3.05) is 13.3 Å². The van der Waals surface area contributed by atoms with E-state index in [0.717, 1.165) is 23.0 Å². The SMILES string of the molecule is FCC(CF)Oc1ccc(-c2nc(-c3cccc4[nH]ccc34)no2)cc1C(F)(F)F. The van der Waals surface area contributed by atoms with Crippen molar-refractivity contribution in [3.63, 3.8) is 0 Å². The van der Waals surface area contributed by atoms with Gasteiger partial charge in [0.15, 0.2) is 6.10 Å². The average molecular weight is 423 g/mol. The van der Waals surface area contributed by atoms with Gasteiger partial charge in [0.25, 0.3) is 5.89 Å². The molecular weight excluding hydrogens is 409 g/mol. The first kappa shape index (κ1) is 19.9. The number of alkyl halides is 5. The van der Waals surface area contributed by atoms with Gasteiger partial charge in [-0.1, -0.05) is 17.3 Å². The van der Waals surface area contributed by atoms with E-state index in [-0.39, 0.29) is 17.3 Å². The van der Waals surface area contributed by atoms with Crippen LogP contribution < -0.4 is 4.74 Å². The Balaban J connectivity index is 1.72. The Kier molecular flexibility index (Phi) is 5.15. The lowest BCUT2D eigenvalue weighted by molar-refractivity contribution is -0.139. The molecule has 156 valence electrons. The standard InChI is InChI=1S/C20H14F5N3O2/c21-9-12(10-22)29-17-5-4-11(8-15(17)20(23,24)25)19-27-18(28-30-19)14-2-1-3-16-13(14)6-7-26-16/h1-8,12,26H,9-10H2. The van der Waals surface area contributed by atoms with Gasteiger partial charge in [-0.2, -0.15) is 18.2 Å². The maximum Gasteiger partial charge on any atom is 0.419 e. The maximum absolute atomic E-state index is 13.5. The number of ether oxygens (including phenoxy) is 1. The highest BCUT2D eigenvalue weighted by molar-refractivity contribution is 5.93. The van der Waals surface area contributed by atoms with Gasteiger partial charge in [-0.05, 0) is 30.3 Å². The van der Waals surface area contributed by atoms with E-state index in [1.165, 1.54) is 6.07 Å². The summed E-state index contributed by atoms with van der Waals surface area (Å²) >= 11 is 0. The van der Waals surface area contributed by atoms with Crippen LogP contribution in [0.25, 0.3) is 33.7 Å². The molecule has 0 unspecified atom stereocenters. The molecule has 2 aromatic heterocycles. The summed E-state index contributed by atoms with van der Waals surface area (Å²) in [6, 6.07) is 10.2. The van der Waals surface area contributed by atoms with Crippen LogP contribution in [0.15, 0.2) is 53.2 Å². The number of aromatic amines is 1. The van der Waals surface area contributed by atoms with E-state index in [2.05, 4.69) is 15.1 Å². The second-order valence-electron chi connectivity index (χ2n) is 6.42. The van der Waals surface area contributed by atoms with Crippen LogP contribution in [0.5, 0.6) is 5.75 Å². The molecule has 0 aliphatic heterocycles. The summed E-state index contributed by atoms with van der Waals surface area (Å²) in [4.78, 5) is 7.25. The van der Waals surface area contributed by atoms with Crippen molar-refractivity contribution in [1.29, 1.82) is 0 Å². The second kappa shape index (κ2) is 7.77. The number of nitrogens with zero attached hydrogens (tertiary/aromatic N) is 2. The predicted octanol–water partition coefficient (Wildman–Crippen LogP) is 5.59. The van der Waals surface area contributed by atoms with E-state index in [1.54, 1.807) is 18.3 Å². The van der Waals surface area contributed by atoms with E-state index in [0.29, 0.717) is 5.56 Å². The molecule has 5 nitrogen and oxygen atoms in total. The topological polar surface area (TPSA) is 63.9 Å². The zero-order chi connectivity index (χ0) is 21.3. The van der Waals surface area contributed by atoms with Crippen molar-refractivity contribution in [3.05, 3.63) is 54.2 Å². The lowest BCUT2D eigenvalue weighted by atomic mass is 10.1. The van der Waals surface area contributed by atoms with Gasteiger partial charge in [0.2, 0.25) is 5.82 Å². The van der Waals surface area contributed by atoms with E-state index >= 15 is 0 Å². The number of nitrogens with one attached hydrogen (secondary N) is 1. The van der Waals surface area contributed by atoms with Crippen molar-refractivity contribution in [2.24, 2.45) is 0 Å². The Morgan fingerprint density at radius 2 is 1.87 bits per heavy atom. The first-order chi connectivity index (χ1) is 14.4. The summed E-state index contributed by atoms with van der Waals surface area (Å²) in [6.07, 6.45) is -4.69. The first-order valence-corrected chi connectivity index (χ1v) is 8.81. The van der Waals surface area contributed by atoms with Crippen LogP contribution in [0.1, 0.15) is 5.56 Å². The molecule has 0 radical (unpaired) electrons. The van der Waals surface area contributed by atoms with Crippen LogP contribution in [0, 0.1) is 0 Å². The fourth-order valence-electron chi connectivity index (χ4n) is 3.00. The van der Waals surface area contributed by atoms with Gasteiger partial charge in [-0.3, -0.25) is 0 Å². The molecule has 0 fully saturated rings. The third-order valence-electron chi connectivity index (χ3n) is 4.43. The molecule has 0 aliphatic carbocycles. The number of H-pyrrole nitrogens is 1. The van der Waals surface area contributed by atoms with Crippen molar-refractivity contribution in [2.45, 2.75) is 12.3 Å². The minimum Gasteiger partial charge on any atom is -0.484 e. The molecule has 0 aliphatic rings. The Morgan fingerprint density at radius 1 is 1.07 bits per heavy atom. The third kappa shape index (κ3) is 3.72. The van der Waals surface area contributed by atoms with E-state index in [1.807, 2.05) is 12.1 Å². The number of hydrogen-bond donors (Lipinski definition) is 1. The molecular formula is C20H14F5N3O2. The number of rotatable bonds is 6. The smallest absolute Gasteiger partial charge is 0.419 e. The van der Waals surface area contributed by atoms with Gasteiger partial charge in [-0.15, -0.1) is 0 Å². The molecule has 0 saturated carbocycles. The van der Waals surface area contributed by atoms with E-state index in [4.69, 9.17) is 9.26 Å². The molecule has 0 spiro atoms. The number of fused-ring (bicyclic) bond motifs is 1. The fourth-order valence-corrected chi connectivity index (χ4v) is 3.00. The summed E-state index contributed by atoms with van der Waals surface area (Å²) in [5.41, 5.74) is 0.287. The predicted molar refractivity (Wildman–Crippen MR) is 98.4 cm³/mol. The van der Waals surface area contributed by atoms with Crippen LogP contribution in [-0.4, -0.2) is 34.6 Å². The molecule has 0 bridgehead atoms. The number of aromatic nitrogens is 3. The largest absolute Gasteiger partial charge is 0.484 e. The van der Waals surface area contributed by atoms with Crippen molar-refractivity contribution >= 4 is 10.9 Å². The van der Waals surface area contributed by atoms with Gasteiger partial charge in [-0.25, -0.2) is 8.78 Å². The highest BCUT2D eigenvalue weighted by Gasteiger charge is 2.36. The molecule has 10 heteroatoms. The average Bonchev–Trinajstić information content (AvgIpc) is 3.40. The Morgan fingerprint density at radius 3 is 2.60 bits per heavy atom. The monoisotopic (exact) mass is 423 g/mol. The van der Waals surface area contributed by atoms with Crippen LogP contribution in [0.2, 0.25) is 0 Å². The first-order valence-electron chi connectivity index (χ1n) is 8.81. The quantitative estimate of drug-likeness (QED) is 0.411. The minimum absolute atomic E-state index is 0.00767. The van der Waals surface area contributed by atoms with E-state index in [9.17, 15) is 22.0 Å². The van der Waals surface area contributed by atoms with Gasteiger partial charge in [0.05, 0.1) is 5.56 Å². The Labute approximate surface area is 166 Å². The van der Waals surface area contributed by atoms with Crippen molar-refractivity contribution in [1.82, 2.24) is 15.1 Å². The second-order valence-corrected chi connectivity index (χ2v) is 6.42.